The van der Waals surface area contributed by atoms with Gasteiger partial charge in [0.1, 0.15) is 12.4 Å². The van der Waals surface area contributed by atoms with Crippen LogP contribution >= 0.6 is 34.8 Å². The van der Waals surface area contributed by atoms with Crippen molar-refractivity contribution in [1.82, 2.24) is 0 Å². The third-order valence-electron chi connectivity index (χ3n) is 2.52. The lowest BCUT2D eigenvalue weighted by atomic mass is 10.2. The molecule has 2 rings (SSSR count). The smallest absolute Gasteiger partial charge is 0.273 e. The minimum atomic E-state index is -0.518. The first-order chi connectivity index (χ1) is 9.47. The first-order valence-electron chi connectivity index (χ1n) is 5.48. The fraction of sp³-hybridized carbons (Fsp3) is 0.0769. The molecule has 4 nitrogen and oxygen atoms in total. The van der Waals surface area contributed by atoms with E-state index in [2.05, 4.69) is 0 Å². The Labute approximate surface area is 130 Å². The van der Waals surface area contributed by atoms with Crippen molar-refractivity contribution in [2.24, 2.45) is 0 Å². The molecule has 0 spiro atoms. The van der Waals surface area contributed by atoms with E-state index in [1.165, 1.54) is 18.2 Å². The molecule has 0 aliphatic heterocycles. The number of rotatable bonds is 4. The summed E-state index contributed by atoms with van der Waals surface area (Å²) in [5, 5.41) is 12.0. The monoisotopic (exact) mass is 331 g/mol. The zero-order valence-electron chi connectivity index (χ0n) is 9.98. The van der Waals surface area contributed by atoms with Gasteiger partial charge in [0.05, 0.1) is 16.0 Å². The van der Waals surface area contributed by atoms with Gasteiger partial charge < -0.3 is 4.74 Å². The number of non-ortho nitro benzene ring substituents is 1. The Hall–Kier alpha value is -1.49. The van der Waals surface area contributed by atoms with E-state index in [-0.39, 0.29) is 23.1 Å². The number of hydrogen-bond acceptors (Lipinski definition) is 3. The summed E-state index contributed by atoms with van der Waals surface area (Å²) in [5.74, 6) is 0.219. The predicted octanol–water partition coefficient (Wildman–Crippen LogP) is 5.13. The van der Waals surface area contributed by atoms with Gasteiger partial charge in [-0.3, -0.25) is 10.1 Å². The summed E-state index contributed by atoms with van der Waals surface area (Å²) < 4.78 is 5.47. The van der Waals surface area contributed by atoms with Crippen LogP contribution in [0, 0.1) is 10.1 Å². The van der Waals surface area contributed by atoms with Crippen LogP contribution in [-0.2, 0) is 6.61 Å². The van der Waals surface area contributed by atoms with Gasteiger partial charge in [-0.25, -0.2) is 0 Å². The summed E-state index contributed by atoms with van der Waals surface area (Å²) in [7, 11) is 0. The molecule has 0 saturated heterocycles. The van der Waals surface area contributed by atoms with Gasteiger partial charge in [0.15, 0.2) is 0 Å². The minimum absolute atomic E-state index is 0.0957. The highest BCUT2D eigenvalue weighted by atomic mass is 35.5. The first-order valence-corrected chi connectivity index (χ1v) is 6.61. The molecule has 104 valence electrons. The molecule has 0 amide bonds. The maximum atomic E-state index is 10.7. The Kier molecular flexibility index (Phi) is 4.70. The van der Waals surface area contributed by atoms with E-state index in [9.17, 15) is 10.1 Å². The van der Waals surface area contributed by atoms with Gasteiger partial charge >= 0.3 is 0 Å². The summed E-state index contributed by atoms with van der Waals surface area (Å²) in [6.45, 7) is 0.111. The highest BCUT2D eigenvalue weighted by molar-refractivity contribution is 6.33. The van der Waals surface area contributed by atoms with Crippen molar-refractivity contribution >= 4 is 40.5 Å². The summed E-state index contributed by atoms with van der Waals surface area (Å²) >= 11 is 17.8. The van der Waals surface area contributed by atoms with Crippen molar-refractivity contribution in [3.63, 3.8) is 0 Å². The van der Waals surface area contributed by atoms with Crippen LogP contribution in [0.1, 0.15) is 5.56 Å². The molecule has 0 atom stereocenters. The maximum absolute atomic E-state index is 10.7. The molecular weight excluding hydrogens is 325 g/mol. The van der Waals surface area contributed by atoms with Crippen molar-refractivity contribution in [2.45, 2.75) is 6.61 Å². The molecule has 0 aliphatic carbocycles. The maximum Gasteiger partial charge on any atom is 0.273 e. The number of nitro benzene ring substituents is 1. The van der Waals surface area contributed by atoms with Crippen molar-refractivity contribution in [1.29, 1.82) is 0 Å². The Morgan fingerprint density at radius 2 is 1.75 bits per heavy atom. The fourth-order valence-electron chi connectivity index (χ4n) is 1.53. The lowest BCUT2D eigenvalue weighted by Crippen LogP contribution is -1.98. The molecule has 2 aromatic carbocycles. The lowest BCUT2D eigenvalue weighted by Gasteiger charge is -2.09. The van der Waals surface area contributed by atoms with Crippen LogP contribution in [0.25, 0.3) is 0 Å². The van der Waals surface area contributed by atoms with Crippen LogP contribution in [0.4, 0.5) is 5.69 Å². The molecule has 0 fully saturated rings. The largest absolute Gasteiger partial charge is 0.487 e. The minimum Gasteiger partial charge on any atom is -0.487 e. The van der Waals surface area contributed by atoms with Gasteiger partial charge in [-0.2, -0.15) is 0 Å². The second kappa shape index (κ2) is 6.31. The van der Waals surface area contributed by atoms with Gasteiger partial charge in [-0.05, 0) is 24.3 Å². The highest BCUT2D eigenvalue weighted by Crippen LogP contribution is 2.30. The van der Waals surface area contributed by atoms with Crippen LogP contribution in [0.15, 0.2) is 36.4 Å². The molecule has 20 heavy (non-hydrogen) atoms. The fourth-order valence-corrected chi connectivity index (χ4v) is 2.06. The van der Waals surface area contributed by atoms with Gasteiger partial charge in [0.25, 0.3) is 5.69 Å². The van der Waals surface area contributed by atoms with E-state index in [0.717, 1.165) is 0 Å². The standard InChI is InChI=1S/C13H8Cl3NO3/c14-9-1-3-11(15)8(5-9)7-20-13-6-10(17(18)19)2-4-12(13)16/h1-6H,7H2. The Balaban J connectivity index is 2.20. The van der Waals surface area contributed by atoms with E-state index in [0.29, 0.717) is 15.6 Å². The molecule has 0 radical (unpaired) electrons. The third kappa shape index (κ3) is 3.54. The van der Waals surface area contributed by atoms with Crippen LogP contribution < -0.4 is 4.74 Å². The zero-order valence-corrected chi connectivity index (χ0v) is 12.2. The third-order valence-corrected chi connectivity index (χ3v) is 3.43. The molecule has 0 N–H and O–H groups in total. The van der Waals surface area contributed by atoms with Crippen molar-refractivity contribution in [3.8, 4) is 5.75 Å². The van der Waals surface area contributed by atoms with E-state index >= 15 is 0 Å². The summed E-state index contributed by atoms with van der Waals surface area (Å²) in [6.07, 6.45) is 0. The Morgan fingerprint density at radius 1 is 1.05 bits per heavy atom. The summed E-state index contributed by atoms with van der Waals surface area (Å²) in [4.78, 5) is 10.2. The van der Waals surface area contributed by atoms with Gasteiger partial charge in [0, 0.05) is 21.7 Å². The second-order valence-electron chi connectivity index (χ2n) is 3.90. The topological polar surface area (TPSA) is 52.4 Å². The molecule has 2 aromatic rings. The van der Waals surface area contributed by atoms with Gasteiger partial charge in [-0.1, -0.05) is 34.8 Å². The molecule has 0 bridgehead atoms. The SMILES string of the molecule is O=[N+]([O-])c1ccc(Cl)c(OCc2cc(Cl)ccc2Cl)c1. The Bertz CT molecular complexity index is 661. The average Bonchev–Trinajstić information content (AvgIpc) is 2.41. The molecular formula is C13H8Cl3NO3. The average molecular weight is 333 g/mol. The van der Waals surface area contributed by atoms with Gasteiger partial charge in [0.2, 0.25) is 0 Å². The van der Waals surface area contributed by atoms with Gasteiger partial charge in [-0.15, -0.1) is 0 Å². The number of nitro groups is 1. The molecule has 0 saturated carbocycles. The summed E-state index contributed by atoms with van der Waals surface area (Å²) in [6, 6.07) is 8.96. The van der Waals surface area contributed by atoms with E-state index in [1.807, 2.05) is 0 Å². The molecule has 7 heteroatoms. The van der Waals surface area contributed by atoms with Crippen LogP contribution in [0.3, 0.4) is 0 Å². The van der Waals surface area contributed by atoms with Crippen molar-refractivity contribution in [2.75, 3.05) is 0 Å². The number of benzene rings is 2. The molecule has 0 unspecified atom stereocenters. The van der Waals surface area contributed by atoms with E-state index in [1.54, 1.807) is 18.2 Å². The molecule has 0 heterocycles. The van der Waals surface area contributed by atoms with E-state index in [4.69, 9.17) is 39.5 Å². The number of ether oxygens (including phenoxy) is 1. The lowest BCUT2D eigenvalue weighted by molar-refractivity contribution is -0.384. The normalized spacial score (nSPS) is 10.3. The Morgan fingerprint density at radius 3 is 2.45 bits per heavy atom. The second-order valence-corrected chi connectivity index (χ2v) is 5.15. The number of nitrogens with zero attached hydrogens (tertiary/aromatic N) is 1. The van der Waals surface area contributed by atoms with Crippen molar-refractivity contribution in [3.05, 3.63) is 67.1 Å². The predicted molar refractivity (Wildman–Crippen MR) is 78.9 cm³/mol. The highest BCUT2D eigenvalue weighted by Gasteiger charge is 2.11. The first kappa shape index (κ1) is 14.9. The van der Waals surface area contributed by atoms with Crippen molar-refractivity contribution < 1.29 is 9.66 Å². The summed E-state index contributed by atoms with van der Waals surface area (Å²) in [5.41, 5.74) is 0.573. The molecule has 0 aromatic heterocycles. The van der Waals surface area contributed by atoms with Crippen LogP contribution in [0.5, 0.6) is 5.75 Å². The zero-order chi connectivity index (χ0) is 14.7. The molecule has 0 aliphatic rings. The number of halogens is 3. The van der Waals surface area contributed by atoms with E-state index < -0.39 is 4.92 Å². The quantitative estimate of drug-likeness (QED) is 0.576. The number of hydrogen-bond donors (Lipinski definition) is 0. The van der Waals surface area contributed by atoms with Crippen LogP contribution in [0.2, 0.25) is 15.1 Å². The van der Waals surface area contributed by atoms with Crippen LogP contribution in [-0.4, -0.2) is 4.92 Å².